The van der Waals surface area contributed by atoms with Gasteiger partial charge in [-0.25, -0.2) is 8.42 Å². The minimum Gasteiger partial charge on any atom is -0.479 e. The molecule has 1 heterocycles. The van der Waals surface area contributed by atoms with Crippen LogP contribution in [0.2, 0.25) is 10.0 Å². The number of nitrogens with zero attached hydrogens (tertiary/aromatic N) is 3. The van der Waals surface area contributed by atoms with Gasteiger partial charge >= 0.3 is 0 Å². The van der Waals surface area contributed by atoms with Crippen LogP contribution in [-0.2, 0) is 14.8 Å². The first kappa shape index (κ1) is 21.8. The van der Waals surface area contributed by atoms with E-state index in [0.717, 1.165) is 0 Å². The lowest BCUT2D eigenvalue weighted by Gasteiger charge is -2.16. The molecule has 0 aliphatic heterocycles. The van der Waals surface area contributed by atoms with E-state index in [4.69, 9.17) is 27.9 Å². The molecule has 2 aromatic carbocycles. The standard InChI is InChI=1S/C19H16Cl2N4O4S/c1-12(29-17-8-3-13(20)11-16(17)21)18(26)24-14-4-6-15(7-5-14)30(27,28)25-19-22-9-2-10-23-19/h2-12H,1H3,(H2,22,23,24,25,26)/p-1. The molecule has 8 nitrogen and oxygen atoms in total. The molecule has 1 unspecified atom stereocenters. The number of anilines is 1. The van der Waals surface area contributed by atoms with Crippen molar-refractivity contribution < 1.29 is 17.9 Å². The molecular weight excluding hydrogens is 451 g/mol. The molecule has 11 heteroatoms. The van der Waals surface area contributed by atoms with Crippen LogP contribution in [0.15, 0.2) is 65.8 Å². The molecule has 0 fully saturated rings. The number of nitrogens with one attached hydrogen (secondary N) is 1. The summed E-state index contributed by atoms with van der Waals surface area (Å²) in [4.78, 5) is 19.8. The number of carbonyl (C=O) groups is 1. The Morgan fingerprint density at radius 1 is 1.10 bits per heavy atom. The maximum absolute atomic E-state index is 12.4. The van der Waals surface area contributed by atoms with Crippen LogP contribution < -0.4 is 10.1 Å². The third kappa shape index (κ3) is 5.59. The van der Waals surface area contributed by atoms with E-state index in [-0.39, 0.29) is 15.9 Å². The van der Waals surface area contributed by atoms with E-state index in [1.807, 2.05) is 0 Å². The van der Waals surface area contributed by atoms with Crippen molar-refractivity contribution >= 4 is 50.8 Å². The maximum atomic E-state index is 12.4. The fourth-order valence-corrected chi connectivity index (χ4v) is 3.62. The molecule has 0 spiro atoms. The lowest BCUT2D eigenvalue weighted by molar-refractivity contribution is -0.122. The number of benzene rings is 2. The molecule has 0 radical (unpaired) electrons. The number of sulfonamides is 1. The van der Waals surface area contributed by atoms with Crippen molar-refractivity contribution in [3.05, 3.63) is 75.7 Å². The molecule has 0 saturated carbocycles. The molecule has 1 atom stereocenters. The van der Waals surface area contributed by atoms with Crippen molar-refractivity contribution in [2.75, 3.05) is 5.32 Å². The molecule has 1 N–H and O–H groups in total. The Balaban J connectivity index is 1.64. The van der Waals surface area contributed by atoms with Crippen LogP contribution in [-0.4, -0.2) is 30.4 Å². The second-order valence-electron chi connectivity index (χ2n) is 5.96. The molecule has 0 saturated heterocycles. The summed E-state index contributed by atoms with van der Waals surface area (Å²) in [7, 11) is -3.99. The van der Waals surface area contributed by atoms with Gasteiger partial charge in [-0.1, -0.05) is 29.3 Å². The molecular formula is C19H15Cl2N4O4S-. The highest BCUT2D eigenvalue weighted by Gasteiger charge is 2.17. The van der Waals surface area contributed by atoms with Crippen molar-refractivity contribution in [1.82, 2.24) is 9.97 Å². The van der Waals surface area contributed by atoms with E-state index in [1.165, 1.54) is 42.7 Å². The summed E-state index contributed by atoms with van der Waals surface area (Å²) in [5, 5.41) is 3.37. The van der Waals surface area contributed by atoms with E-state index in [0.29, 0.717) is 16.5 Å². The zero-order valence-corrected chi connectivity index (χ0v) is 17.8. The number of ether oxygens (including phenoxy) is 1. The van der Waals surface area contributed by atoms with Crippen LogP contribution in [0.5, 0.6) is 5.75 Å². The molecule has 1 aromatic heterocycles. The predicted molar refractivity (Wildman–Crippen MR) is 114 cm³/mol. The summed E-state index contributed by atoms with van der Waals surface area (Å²) in [5.41, 5.74) is 0.382. The lowest BCUT2D eigenvalue weighted by atomic mass is 10.3. The average molecular weight is 466 g/mol. The van der Waals surface area contributed by atoms with Crippen LogP contribution in [0.4, 0.5) is 11.6 Å². The molecule has 1 amide bonds. The fraction of sp³-hybridized carbons (Fsp3) is 0.105. The van der Waals surface area contributed by atoms with Gasteiger partial charge in [0.25, 0.3) is 5.91 Å². The van der Waals surface area contributed by atoms with Gasteiger partial charge in [-0.2, -0.15) is 0 Å². The van der Waals surface area contributed by atoms with Gasteiger partial charge in [-0.05, 0) is 61.8 Å². The predicted octanol–water partition coefficient (Wildman–Crippen LogP) is 4.58. The topological polar surface area (TPSA) is 112 Å². The van der Waals surface area contributed by atoms with Gasteiger partial charge in [-0.15, -0.1) is 0 Å². The van der Waals surface area contributed by atoms with Crippen molar-refractivity contribution in [3.63, 3.8) is 0 Å². The highest BCUT2D eigenvalue weighted by molar-refractivity contribution is 7.94. The summed E-state index contributed by atoms with van der Waals surface area (Å²) in [6.45, 7) is 1.55. The number of halogens is 2. The molecule has 3 rings (SSSR count). The highest BCUT2D eigenvalue weighted by Crippen LogP contribution is 2.29. The van der Waals surface area contributed by atoms with Gasteiger partial charge in [0.05, 0.1) is 9.92 Å². The van der Waals surface area contributed by atoms with Crippen molar-refractivity contribution in [2.24, 2.45) is 0 Å². The van der Waals surface area contributed by atoms with Crippen LogP contribution >= 0.6 is 23.2 Å². The number of aromatic nitrogens is 2. The lowest BCUT2D eigenvalue weighted by Crippen LogP contribution is -2.30. The number of hydrogen-bond donors (Lipinski definition) is 1. The summed E-state index contributed by atoms with van der Waals surface area (Å²) in [6, 6.07) is 11.7. The second kappa shape index (κ2) is 9.29. The van der Waals surface area contributed by atoms with Crippen LogP contribution in [0, 0.1) is 0 Å². The number of rotatable bonds is 7. The number of carbonyl (C=O) groups excluding carboxylic acids is 1. The van der Waals surface area contributed by atoms with E-state index < -0.39 is 22.0 Å². The van der Waals surface area contributed by atoms with Gasteiger partial charge in [-0.3, -0.25) is 9.52 Å². The van der Waals surface area contributed by atoms with Gasteiger partial charge in [0.1, 0.15) is 5.75 Å². The molecule has 0 bridgehead atoms. The Morgan fingerprint density at radius 3 is 2.40 bits per heavy atom. The van der Waals surface area contributed by atoms with E-state index in [2.05, 4.69) is 20.0 Å². The smallest absolute Gasteiger partial charge is 0.265 e. The molecule has 30 heavy (non-hydrogen) atoms. The first-order valence-corrected chi connectivity index (χ1v) is 10.7. The third-order valence-electron chi connectivity index (χ3n) is 3.74. The summed E-state index contributed by atoms with van der Waals surface area (Å²) in [5.74, 6) is -0.296. The maximum Gasteiger partial charge on any atom is 0.265 e. The van der Waals surface area contributed by atoms with Crippen molar-refractivity contribution in [2.45, 2.75) is 17.9 Å². The normalized spacial score (nSPS) is 12.1. The van der Waals surface area contributed by atoms with Gasteiger partial charge in [0, 0.05) is 16.7 Å². The molecule has 156 valence electrons. The van der Waals surface area contributed by atoms with Crippen LogP contribution in [0.3, 0.4) is 0 Å². The third-order valence-corrected chi connectivity index (χ3v) is 5.54. The summed E-state index contributed by atoms with van der Waals surface area (Å²) >= 11 is 11.9. The molecule has 0 aliphatic carbocycles. The van der Waals surface area contributed by atoms with Gasteiger partial charge in [0.2, 0.25) is 10.0 Å². The Bertz CT molecular complexity index is 1140. The Morgan fingerprint density at radius 2 is 1.77 bits per heavy atom. The van der Waals surface area contributed by atoms with E-state index in [1.54, 1.807) is 25.1 Å². The van der Waals surface area contributed by atoms with Crippen molar-refractivity contribution in [3.8, 4) is 5.75 Å². The van der Waals surface area contributed by atoms with Crippen LogP contribution in [0.25, 0.3) is 4.72 Å². The second-order valence-corrected chi connectivity index (χ2v) is 8.41. The zero-order valence-electron chi connectivity index (χ0n) is 15.5. The van der Waals surface area contributed by atoms with Gasteiger partial charge < -0.3 is 20.0 Å². The molecule has 0 aliphatic rings. The summed E-state index contributed by atoms with van der Waals surface area (Å²) < 4.78 is 33.8. The van der Waals surface area contributed by atoms with Crippen molar-refractivity contribution in [1.29, 1.82) is 0 Å². The minimum atomic E-state index is -3.99. The minimum absolute atomic E-state index is 0.0646. The quantitative estimate of drug-likeness (QED) is 0.545. The summed E-state index contributed by atoms with van der Waals surface area (Å²) in [6.07, 6.45) is 1.92. The Labute approximate surface area is 183 Å². The first-order valence-electron chi connectivity index (χ1n) is 8.52. The van der Waals surface area contributed by atoms with Gasteiger partial charge in [0.15, 0.2) is 6.10 Å². The first-order chi connectivity index (χ1) is 14.2. The van der Waals surface area contributed by atoms with E-state index >= 15 is 0 Å². The van der Waals surface area contributed by atoms with Crippen LogP contribution in [0.1, 0.15) is 6.92 Å². The largest absolute Gasteiger partial charge is 0.479 e. The SMILES string of the molecule is CC(Oc1ccc(Cl)cc1Cl)C(=O)Nc1ccc(S(=O)(=O)[N-]c2ncccn2)cc1. The average Bonchev–Trinajstić information content (AvgIpc) is 2.71. The number of amides is 1. The zero-order chi connectivity index (χ0) is 21.7. The van der Waals surface area contributed by atoms with E-state index in [9.17, 15) is 13.2 Å². The monoisotopic (exact) mass is 465 g/mol. The fourth-order valence-electron chi connectivity index (χ4n) is 2.27. The Kier molecular flexibility index (Phi) is 6.76. The molecule has 3 aromatic rings. The highest BCUT2D eigenvalue weighted by atomic mass is 35.5. The Hall–Kier alpha value is -2.88. The number of hydrogen-bond acceptors (Lipinski definition) is 6.